The predicted octanol–water partition coefficient (Wildman–Crippen LogP) is 2.23. The SMILES string of the molecule is Cc1cc(N2N=C(C(C)(C)C)CC2=O)nc(C)n1. The summed E-state index contributed by atoms with van der Waals surface area (Å²) in [5.41, 5.74) is 1.63. The number of amides is 1. The van der Waals surface area contributed by atoms with Gasteiger partial charge in [-0.3, -0.25) is 4.79 Å². The minimum atomic E-state index is -0.0957. The second-order valence-corrected chi connectivity index (χ2v) is 5.59. The summed E-state index contributed by atoms with van der Waals surface area (Å²) in [6, 6.07) is 1.78. The third-order valence-electron chi connectivity index (χ3n) is 2.81. The molecular formula is C13H18N4O. The molecule has 5 heteroatoms. The lowest BCUT2D eigenvalue weighted by molar-refractivity contribution is -0.117. The van der Waals surface area contributed by atoms with E-state index in [2.05, 4.69) is 35.8 Å². The summed E-state index contributed by atoms with van der Waals surface area (Å²) in [4.78, 5) is 20.5. The number of anilines is 1. The van der Waals surface area contributed by atoms with Gasteiger partial charge < -0.3 is 0 Å². The molecule has 0 bridgehead atoms. The number of hydrazone groups is 1. The lowest BCUT2D eigenvalue weighted by atomic mass is 9.88. The molecule has 0 spiro atoms. The van der Waals surface area contributed by atoms with Gasteiger partial charge in [-0.05, 0) is 13.8 Å². The Bertz CT molecular complexity index is 508. The number of aryl methyl sites for hydroxylation is 2. The minimum absolute atomic E-state index is 0.0302. The highest BCUT2D eigenvalue weighted by atomic mass is 16.2. The van der Waals surface area contributed by atoms with E-state index in [0.717, 1.165) is 11.4 Å². The summed E-state index contributed by atoms with van der Waals surface area (Å²) in [7, 11) is 0. The van der Waals surface area contributed by atoms with Crippen molar-refractivity contribution in [2.45, 2.75) is 41.0 Å². The average Bonchev–Trinajstić information content (AvgIpc) is 2.58. The molecule has 0 saturated carbocycles. The third-order valence-corrected chi connectivity index (χ3v) is 2.81. The molecule has 0 N–H and O–H groups in total. The van der Waals surface area contributed by atoms with Gasteiger partial charge in [-0.15, -0.1) is 0 Å². The highest BCUT2D eigenvalue weighted by Crippen LogP contribution is 2.27. The van der Waals surface area contributed by atoms with Crippen LogP contribution in [0.5, 0.6) is 0 Å². The van der Waals surface area contributed by atoms with Gasteiger partial charge >= 0.3 is 0 Å². The van der Waals surface area contributed by atoms with Gasteiger partial charge in [0.25, 0.3) is 5.91 Å². The molecule has 2 rings (SSSR count). The van der Waals surface area contributed by atoms with Crippen LogP contribution in [0.1, 0.15) is 38.7 Å². The molecule has 1 aromatic heterocycles. The van der Waals surface area contributed by atoms with Crippen LogP contribution in [0.15, 0.2) is 11.2 Å². The largest absolute Gasteiger partial charge is 0.272 e. The highest BCUT2D eigenvalue weighted by Gasteiger charge is 2.32. The van der Waals surface area contributed by atoms with Gasteiger partial charge in [0, 0.05) is 17.2 Å². The Morgan fingerprint density at radius 1 is 1.22 bits per heavy atom. The Morgan fingerprint density at radius 2 is 1.89 bits per heavy atom. The van der Waals surface area contributed by atoms with Crippen molar-refractivity contribution in [3.05, 3.63) is 17.6 Å². The minimum Gasteiger partial charge on any atom is -0.272 e. The lowest BCUT2D eigenvalue weighted by Crippen LogP contribution is -2.21. The van der Waals surface area contributed by atoms with Gasteiger partial charge in [0.1, 0.15) is 5.82 Å². The van der Waals surface area contributed by atoms with E-state index in [4.69, 9.17) is 0 Å². The van der Waals surface area contributed by atoms with Crippen LogP contribution >= 0.6 is 0 Å². The van der Waals surface area contributed by atoms with E-state index < -0.39 is 0 Å². The normalized spacial score (nSPS) is 16.2. The van der Waals surface area contributed by atoms with E-state index in [-0.39, 0.29) is 11.3 Å². The Hall–Kier alpha value is -1.78. The van der Waals surface area contributed by atoms with Gasteiger partial charge in [-0.25, -0.2) is 9.97 Å². The van der Waals surface area contributed by atoms with E-state index in [1.54, 1.807) is 6.07 Å². The molecule has 1 aliphatic rings. The number of carbonyl (C=O) groups excluding carboxylic acids is 1. The van der Waals surface area contributed by atoms with Gasteiger partial charge in [0.2, 0.25) is 0 Å². The summed E-state index contributed by atoms with van der Waals surface area (Å²) < 4.78 is 0. The number of hydrogen-bond donors (Lipinski definition) is 0. The molecule has 0 fully saturated rings. The Balaban J connectivity index is 2.39. The van der Waals surface area contributed by atoms with Crippen molar-refractivity contribution in [3.8, 4) is 0 Å². The fraction of sp³-hybridized carbons (Fsp3) is 0.538. The fourth-order valence-corrected chi connectivity index (χ4v) is 1.83. The average molecular weight is 246 g/mol. The summed E-state index contributed by atoms with van der Waals surface area (Å²) in [5.74, 6) is 1.18. The molecule has 18 heavy (non-hydrogen) atoms. The maximum absolute atomic E-state index is 12.0. The zero-order valence-corrected chi connectivity index (χ0v) is 11.5. The van der Waals surface area contributed by atoms with Gasteiger partial charge in [0.15, 0.2) is 5.82 Å². The van der Waals surface area contributed by atoms with Crippen LogP contribution in [0.4, 0.5) is 5.82 Å². The topological polar surface area (TPSA) is 58.5 Å². The van der Waals surface area contributed by atoms with Crippen LogP contribution in [-0.2, 0) is 4.79 Å². The molecule has 1 aliphatic heterocycles. The monoisotopic (exact) mass is 246 g/mol. The molecule has 0 unspecified atom stereocenters. The first-order chi connectivity index (χ1) is 8.27. The summed E-state index contributed by atoms with van der Waals surface area (Å²) in [6.45, 7) is 9.86. The molecule has 0 aliphatic carbocycles. The van der Waals surface area contributed by atoms with Crippen LogP contribution in [-0.4, -0.2) is 21.6 Å². The van der Waals surface area contributed by atoms with Gasteiger partial charge in [-0.1, -0.05) is 20.8 Å². The molecule has 2 heterocycles. The lowest BCUT2D eigenvalue weighted by Gasteiger charge is -2.16. The van der Waals surface area contributed by atoms with Crippen LogP contribution in [0.3, 0.4) is 0 Å². The maximum Gasteiger partial charge on any atom is 0.254 e. The van der Waals surface area contributed by atoms with Crippen molar-refractivity contribution < 1.29 is 4.79 Å². The van der Waals surface area contributed by atoms with E-state index in [0.29, 0.717) is 18.1 Å². The maximum atomic E-state index is 12.0. The molecule has 0 saturated heterocycles. The molecular weight excluding hydrogens is 228 g/mol. The van der Waals surface area contributed by atoms with E-state index in [1.165, 1.54) is 5.01 Å². The molecule has 1 aromatic rings. The Labute approximate surface area is 107 Å². The third kappa shape index (κ3) is 2.39. The first-order valence-corrected chi connectivity index (χ1v) is 6.00. The number of aromatic nitrogens is 2. The van der Waals surface area contributed by atoms with Crippen molar-refractivity contribution in [2.24, 2.45) is 10.5 Å². The van der Waals surface area contributed by atoms with Crippen molar-refractivity contribution in [2.75, 3.05) is 5.01 Å². The predicted molar refractivity (Wildman–Crippen MR) is 70.5 cm³/mol. The quantitative estimate of drug-likeness (QED) is 0.763. The molecule has 0 radical (unpaired) electrons. The van der Waals surface area contributed by atoms with E-state index in [1.807, 2.05) is 13.8 Å². The van der Waals surface area contributed by atoms with Crippen LogP contribution in [0.2, 0.25) is 0 Å². The van der Waals surface area contributed by atoms with Gasteiger partial charge in [-0.2, -0.15) is 10.1 Å². The van der Waals surface area contributed by atoms with Gasteiger partial charge in [0.05, 0.1) is 12.1 Å². The summed E-state index contributed by atoms with van der Waals surface area (Å²) in [6.07, 6.45) is 0.367. The number of nitrogens with zero attached hydrogens (tertiary/aromatic N) is 4. The second kappa shape index (κ2) is 4.15. The van der Waals surface area contributed by atoms with Crippen LogP contribution in [0, 0.1) is 19.3 Å². The zero-order chi connectivity index (χ0) is 13.5. The molecule has 0 atom stereocenters. The number of carbonyl (C=O) groups is 1. The Kier molecular flexibility index (Phi) is 2.92. The first kappa shape index (κ1) is 12.7. The Morgan fingerprint density at radius 3 is 2.39 bits per heavy atom. The van der Waals surface area contributed by atoms with E-state index >= 15 is 0 Å². The first-order valence-electron chi connectivity index (χ1n) is 6.00. The second-order valence-electron chi connectivity index (χ2n) is 5.59. The molecule has 5 nitrogen and oxygen atoms in total. The fourth-order valence-electron chi connectivity index (χ4n) is 1.83. The molecule has 96 valence electrons. The highest BCUT2D eigenvalue weighted by molar-refractivity contribution is 6.14. The van der Waals surface area contributed by atoms with Crippen molar-refractivity contribution >= 4 is 17.4 Å². The summed E-state index contributed by atoms with van der Waals surface area (Å²) in [5, 5.41) is 5.79. The van der Waals surface area contributed by atoms with Crippen molar-refractivity contribution in [1.82, 2.24) is 9.97 Å². The zero-order valence-electron chi connectivity index (χ0n) is 11.5. The standard InChI is InChI=1S/C13H18N4O/c1-8-6-11(15-9(2)14-8)17-12(18)7-10(16-17)13(3,4)5/h6H,7H2,1-5H3. The van der Waals surface area contributed by atoms with Crippen LogP contribution < -0.4 is 5.01 Å². The van der Waals surface area contributed by atoms with E-state index in [9.17, 15) is 4.79 Å². The smallest absolute Gasteiger partial charge is 0.254 e. The van der Waals surface area contributed by atoms with Crippen LogP contribution in [0.25, 0.3) is 0 Å². The summed E-state index contributed by atoms with van der Waals surface area (Å²) >= 11 is 0. The molecule has 0 aromatic carbocycles. The van der Waals surface area contributed by atoms with Crippen molar-refractivity contribution in [3.63, 3.8) is 0 Å². The van der Waals surface area contributed by atoms with Crippen molar-refractivity contribution in [1.29, 1.82) is 0 Å². The molecule has 1 amide bonds. The number of hydrogen-bond acceptors (Lipinski definition) is 4. The number of rotatable bonds is 1.